The number of Topliss-reactive ketones (excluding diaryl/α,β-unsaturated/α-hetero) is 1. The largest absolute Gasteiger partial charge is 0.496 e. The summed E-state index contributed by atoms with van der Waals surface area (Å²) in [6.45, 7) is 4.20. The molecule has 3 nitrogen and oxygen atoms in total. The van der Waals surface area contributed by atoms with Crippen LogP contribution in [-0.2, 0) is 14.3 Å². The normalized spacial score (nSPS) is 27.6. The average molecular weight is 319 g/mol. The molecule has 1 fully saturated rings. The molecule has 1 aromatic carbocycles. The molecule has 3 unspecified atom stereocenters. The molecule has 4 heteroatoms. The Morgan fingerprint density at radius 1 is 1.36 bits per heavy atom. The molecule has 0 spiro atoms. The predicted octanol–water partition coefficient (Wildman–Crippen LogP) is 4.02. The van der Waals surface area contributed by atoms with Crippen LogP contribution in [0, 0.1) is 5.92 Å². The molecular weight excluding hydrogens is 300 g/mol. The quantitative estimate of drug-likeness (QED) is 0.787. The number of carbonyl (C=O) groups is 1. The minimum atomic E-state index is -0.0974. The molecule has 0 bridgehead atoms. The second-order valence-electron chi connectivity index (χ2n) is 5.71. The van der Waals surface area contributed by atoms with Crippen LogP contribution >= 0.6 is 11.6 Å². The molecule has 2 aliphatic rings. The smallest absolute Gasteiger partial charge is 0.173 e. The van der Waals surface area contributed by atoms with Crippen LogP contribution in [0.2, 0.25) is 5.02 Å². The van der Waals surface area contributed by atoms with Crippen molar-refractivity contribution < 1.29 is 14.3 Å². The van der Waals surface area contributed by atoms with Gasteiger partial charge in [-0.15, -0.1) is 6.58 Å². The van der Waals surface area contributed by atoms with Crippen molar-refractivity contribution >= 4 is 23.0 Å². The van der Waals surface area contributed by atoms with Gasteiger partial charge >= 0.3 is 0 Å². The molecule has 0 radical (unpaired) electrons. The van der Waals surface area contributed by atoms with Crippen molar-refractivity contribution in [3.8, 4) is 0 Å². The number of hydrogen-bond donors (Lipinski definition) is 0. The molecule has 0 N–H and O–H groups in total. The monoisotopic (exact) mass is 318 g/mol. The Morgan fingerprint density at radius 2 is 2.18 bits per heavy atom. The van der Waals surface area contributed by atoms with Gasteiger partial charge in [-0.05, 0) is 18.9 Å². The van der Waals surface area contributed by atoms with E-state index in [1.54, 1.807) is 18.4 Å². The number of ketones is 1. The summed E-state index contributed by atoms with van der Waals surface area (Å²) in [5.74, 6) is 0.0337. The van der Waals surface area contributed by atoms with E-state index in [0.29, 0.717) is 17.2 Å². The summed E-state index contributed by atoms with van der Waals surface area (Å²) in [7, 11) is 0. The third kappa shape index (κ3) is 2.96. The lowest BCUT2D eigenvalue weighted by Crippen LogP contribution is -2.41. The Hall–Kier alpha value is -1.58. The number of halogens is 1. The SMILES string of the molecule is C=CCOC1CCC2C(=O)C(c3ccccc3Cl)=COC2C1. The van der Waals surface area contributed by atoms with Gasteiger partial charge in [0.05, 0.1) is 30.5 Å². The van der Waals surface area contributed by atoms with Gasteiger partial charge < -0.3 is 9.47 Å². The predicted molar refractivity (Wildman–Crippen MR) is 86.6 cm³/mol. The van der Waals surface area contributed by atoms with Gasteiger partial charge in [0.25, 0.3) is 0 Å². The molecule has 3 atom stereocenters. The van der Waals surface area contributed by atoms with Crippen LogP contribution in [0.3, 0.4) is 0 Å². The van der Waals surface area contributed by atoms with Gasteiger partial charge in [-0.1, -0.05) is 35.9 Å². The lowest BCUT2D eigenvalue weighted by molar-refractivity contribution is -0.127. The first kappa shape index (κ1) is 15.3. The van der Waals surface area contributed by atoms with Crippen LogP contribution in [0.4, 0.5) is 0 Å². The first-order valence-corrected chi connectivity index (χ1v) is 7.95. The maximum atomic E-state index is 12.8. The summed E-state index contributed by atoms with van der Waals surface area (Å²) in [5.41, 5.74) is 1.33. The number of rotatable bonds is 4. The highest BCUT2D eigenvalue weighted by Crippen LogP contribution is 2.38. The van der Waals surface area contributed by atoms with Crippen LogP contribution < -0.4 is 0 Å². The van der Waals surface area contributed by atoms with Crippen LogP contribution in [0.25, 0.3) is 5.57 Å². The van der Waals surface area contributed by atoms with Crippen molar-refractivity contribution in [1.29, 1.82) is 0 Å². The van der Waals surface area contributed by atoms with E-state index in [4.69, 9.17) is 21.1 Å². The van der Waals surface area contributed by atoms with Gasteiger partial charge in [0.2, 0.25) is 0 Å². The number of benzene rings is 1. The molecule has 22 heavy (non-hydrogen) atoms. The fourth-order valence-corrected chi connectivity index (χ4v) is 3.43. The van der Waals surface area contributed by atoms with Crippen molar-refractivity contribution in [2.24, 2.45) is 5.92 Å². The Kier molecular flexibility index (Phi) is 4.65. The van der Waals surface area contributed by atoms with Crippen molar-refractivity contribution in [3.05, 3.63) is 53.8 Å². The summed E-state index contributed by atoms with van der Waals surface area (Å²) in [4.78, 5) is 12.8. The summed E-state index contributed by atoms with van der Waals surface area (Å²) in [6.07, 6.45) is 5.77. The minimum Gasteiger partial charge on any atom is -0.496 e. The van der Waals surface area contributed by atoms with E-state index in [1.807, 2.05) is 18.2 Å². The van der Waals surface area contributed by atoms with Crippen molar-refractivity contribution in [1.82, 2.24) is 0 Å². The van der Waals surface area contributed by atoms with Gasteiger partial charge in [0.15, 0.2) is 5.78 Å². The fraction of sp³-hybridized carbons (Fsp3) is 0.389. The van der Waals surface area contributed by atoms with E-state index in [9.17, 15) is 4.79 Å². The summed E-state index contributed by atoms with van der Waals surface area (Å²) < 4.78 is 11.5. The number of allylic oxidation sites excluding steroid dienone is 1. The molecule has 0 aromatic heterocycles. The molecule has 1 aromatic rings. The Bertz CT molecular complexity index is 608. The van der Waals surface area contributed by atoms with E-state index in [2.05, 4.69) is 6.58 Å². The van der Waals surface area contributed by atoms with Gasteiger partial charge in [-0.2, -0.15) is 0 Å². The zero-order valence-electron chi connectivity index (χ0n) is 12.3. The van der Waals surface area contributed by atoms with E-state index < -0.39 is 0 Å². The summed E-state index contributed by atoms with van der Waals surface area (Å²) in [5, 5.41) is 0.576. The summed E-state index contributed by atoms with van der Waals surface area (Å²) >= 11 is 6.20. The van der Waals surface area contributed by atoms with Crippen molar-refractivity contribution in [2.75, 3.05) is 6.61 Å². The second kappa shape index (κ2) is 6.67. The van der Waals surface area contributed by atoms with E-state index in [0.717, 1.165) is 24.8 Å². The number of hydrogen-bond acceptors (Lipinski definition) is 3. The van der Waals surface area contributed by atoms with Crippen molar-refractivity contribution in [2.45, 2.75) is 31.5 Å². The number of carbonyl (C=O) groups excluding carboxylic acids is 1. The standard InChI is InChI=1S/C18H19ClO3/c1-2-9-21-12-7-8-14-17(10-12)22-11-15(18(14)20)13-5-3-4-6-16(13)19/h2-6,11-12,14,17H,1,7-10H2. The zero-order chi connectivity index (χ0) is 15.5. The second-order valence-corrected chi connectivity index (χ2v) is 6.12. The Morgan fingerprint density at radius 3 is 2.95 bits per heavy atom. The first-order valence-electron chi connectivity index (χ1n) is 7.58. The molecule has 116 valence electrons. The van der Waals surface area contributed by atoms with Crippen LogP contribution in [0.15, 0.2) is 43.2 Å². The average Bonchev–Trinajstić information content (AvgIpc) is 2.54. The third-order valence-electron chi connectivity index (χ3n) is 4.32. The highest BCUT2D eigenvalue weighted by atomic mass is 35.5. The van der Waals surface area contributed by atoms with Crippen LogP contribution in [0.1, 0.15) is 24.8 Å². The minimum absolute atomic E-state index is 0.0951. The molecule has 0 saturated heterocycles. The lowest BCUT2D eigenvalue weighted by atomic mass is 9.78. The molecule has 3 rings (SSSR count). The van der Waals surface area contributed by atoms with Gasteiger partial charge in [0.1, 0.15) is 6.10 Å². The maximum Gasteiger partial charge on any atom is 0.173 e. The molecule has 0 amide bonds. The van der Waals surface area contributed by atoms with Gasteiger partial charge in [-0.3, -0.25) is 4.79 Å². The molecule has 1 saturated carbocycles. The zero-order valence-corrected chi connectivity index (χ0v) is 13.1. The molecule has 1 heterocycles. The van der Waals surface area contributed by atoms with Crippen molar-refractivity contribution in [3.63, 3.8) is 0 Å². The highest BCUT2D eigenvalue weighted by Gasteiger charge is 2.40. The highest BCUT2D eigenvalue weighted by molar-refractivity contribution is 6.35. The van der Waals surface area contributed by atoms with Gasteiger partial charge in [-0.25, -0.2) is 0 Å². The Balaban J connectivity index is 1.77. The number of ether oxygens (including phenoxy) is 2. The van der Waals surface area contributed by atoms with Gasteiger partial charge in [0, 0.05) is 17.0 Å². The maximum absolute atomic E-state index is 12.8. The third-order valence-corrected chi connectivity index (χ3v) is 4.65. The topological polar surface area (TPSA) is 35.5 Å². The van der Waals surface area contributed by atoms with Crippen LogP contribution in [0.5, 0.6) is 0 Å². The first-order chi connectivity index (χ1) is 10.7. The van der Waals surface area contributed by atoms with Crippen LogP contribution in [-0.4, -0.2) is 24.6 Å². The fourth-order valence-electron chi connectivity index (χ4n) is 3.19. The molecule has 1 aliphatic heterocycles. The molecule has 1 aliphatic carbocycles. The van der Waals surface area contributed by atoms with E-state index in [1.165, 1.54) is 0 Å². The lowest BCUT2D eigenvalue weighted by Gasteiger charge is -2.37. The molecular formula is C18H19ClO3. The number of fused-ring (bicyclic) bond motifs is 1. The Labute approximate surface area is 135 Å². The summed E-state index contributed by atoms with van der Waals surface area (Å²) in [6, 6.07) is 7.37. The van der Waals surface area contributed by atoms with E-state index in [-0.39, 0.29) is 23.9 Å². The van der Waals surface area contributed by atoms with E-state index >= 15 is 0 Å².